The van der Waals surface area contributed by atoms with E-state index in [1.54, 1.807) is 18.4 Å². The summed E-state index contributed by atoms with van der Waals surface area (Å²) in [6.07, 6.45) is 11.6. The number of thiol groups is 1. The third-order valence-electron chi connectivity index (χ3n) is 8.12. The van der Waals surface area contributed by atoms with Crippen LogP contribution in [0.3, 0.4) is 0 Å². The zero-order valence-electron chi connectivity index (χ0n) is 20.7. The molecule has 4 aliphatic rings. The molecule has 1 saturated heterocycles. The average molecular weight is 540 g/mol. The normalized spacial score (nSPS) is 25.2. The Morgan fingerprint density at radius 2 is 1.92 bits per heavy atom. The lowest BCUT2D eigenvalue weighted by Crippen LogP contribution is -2.27. The first-order chi connectivity index (χ1) is 17.9. The summed E-state index contributed by atoms with van der Waals surface area (Å²) in [5.74, 6) is -0.263. The number of nitrogens with one attached hydrogen (secondary N) is 1. The lowest BCUT2D eigenvalue weighted by molar-refractivity contribution is 0.235. The van der Waals surface area contributed by atoms with E-state index in [0.717, 1.165) is 67.5 Å². The molecule has 2 aromatic carbocycles. The van der Waals surface area contributed by atoms with Gasteiger partial charge in [0.1, 0.15) is 17.0 Å². The van der Waals surface area contributed by atoms with Crippen LogP contribution in [-0.2, 0) is 27.6 Å². The van der Waals surface area contributed by atoms with Crippen LogP contribution in [0.2, 0.25) is 0 Å². The summed E-state index contributed by atoms with van der Waals surface area (Å²) in [4.78, 5) is 0. The number of anilines is 1. The van der Waals surface area contributed by atoms with Crippen molar-refractivity contribution in [1.29, 1.82) is 0 Å². The number of aromatic nitrogens is 2. The van der Waals surface area contributed by atoms with Gasteiger partial charge >= 0.3 is 0 Å². The second-order valence-electron chi connectivity index (χ2n) is 10.2. The molecule has 3 fully saturated rings. The van der Waals surface area contributed by atoms with Crippen LogP contribution in [-0.4, -0.2) is 40.9 Å². The summed E-state index contributed by atoms with van der Waals surface area (Å²) in [6.45, 7) is 0. The molecular weight excluding hydrogens is 509 g/mol. The van der Waals surface area contributed by atoms with Gasteiger partial charge in [-0.05, 0) is 92.3 Å². The maximum Gasteiger partial charge on any atom is 0.235 e. The van der Waals surface area contributed by atoms with Gasteiger partial charge in [-0.25, -0.2) is 17.5 Å². The number of sulfonamides is 1. The number of epoxide rings is 1. The fourth-order valence-corrected chi connectivity index (χ4v) is 7.46. The van der Waals surface area contributed by atoms with Gasteiger partial charge in [0.05, 0.1) is 28.5 Å². The van der Waals surface area contributed by atoms with Crippen LogP contribution in [0.4, 0.5) is 10.1 Å². The number of halogens is 1. The van der Waals surface area contributed by atoms with Gasteiger partial charge in [0.15, 0.2) is 0 Å². The molecule has 2 heterocycles. The van der Waals surface area contributed by atoms with Crippen molar-refractivity contribution in [1.82, 2.24) is 9.78 Å². The monoisotopic (exact) mass is 539 g/mol. The van der Waals surface area contributed by atoms with E-state index in [-0.39, 0.29) is 22.3 Å². The Balaban J connectivity index is 0.00000123. The van der Waals surface area contributed by atoms with Gasteiger partial charge in [-0.15, -0.1) is 0 Å². The summed E-state index contributed by atoms with van der Waals surface area (Å²) in [5, 5.41) is 4.33. The summed E-state index contributed by atoms with van der Waals surface area (Å²) in [5.41, 5.74) is 5.53. The fourth-order valence-electron chi connectivity index (χ4n) is 6.03. The standard InChI is InChI=1S/C27H26FN3O3S.CH4S/c28-21-5-7-22(8-6-21)31-25-15-20-12-14-26(27(20,34-26)16-19(25)17-29-31)13-11-18-3-1-2-4-24(18)30-35(32,33)23-9-10-23;1-2/h1-8,15,17,23,30H,9-14,16H2;2H,1H3/t26-,27?;/m0./s1. The van der Waals surface area contributed by atoms with Crippen molar-refractivity contribution in [2.45, 2.75) is 61.4 Å². The average Bonchev–Trinajstić information content (AvgIpc) is 3.80. The molecule has 9 heteroatoms. The predicted molar refractivity (Wildman–Crippen MR) is 146 cm³/mol. The van der Waals surface area contributed by atoms with Crippen molar-refractivity contribution in [2.75, 3.05) is 11.0 Å². The van der Waals surface area contributed by atoms with E-state index < -0.39 is 10.0 Å². The molecule has 1 spiro atoms. The van der Waals surface area contributed by atoms with Gasteiger partial charge in [0, 0.05) is 12.0 Å². The smallest absolute Gasteiger partial charge is 0.235 e. The van der Waals surface area contributed by atoms with E-state index in [9.17, 15) is 12.8 Å². The molecule has 2 atom stereocenters. The highest BCUT2D eigenvalue weighted by Gasteiger charge is 2.74. The number of benzene rings is 2. The van der Waals surface area contributed by atoms with E-state index in [4.69, 9.17) is 4.74 Å². The number of rotatable bonds is 7. The topological polar surface area (TPSA) is 76.5 Å². The molecule has 3 aromatic rings. The van der Waals surface area contributed by atoms with Gasteiger partial charge in [-0.3, -0.25) is 4.72 Å². The molecular formula is C28H30FN3O3S2. The fraction of sp³-hybridized carbons (Fsp3) is 0.393. The SMILES string of the molecule is CS.O=S(=O)(Nc1ccccc1CC[C@]12CCC3=Cc4c(cnn4-c4ccc(F)cc4)CC31O2)C1CC1. The van der Waals surface area contributed by atoms with E-state index >= 15 is 0 Å². The molecule has 1 N–H and O–H groups in total. The Labute approximate surface area is 222 Å². The van der Waals surface area contributed by atoms with Gasteiger partial charge < -0.3 is 4.74 Å². The Hall–Kier alpha value is -2.62. The number of nitrogens with zero attached hydrogens (tertiary/aromatic N) is 2. The quantitative estimate of drug-likeness (QED) is 0.314. The lowest BCUT2D eigenvalue weighted by Gasteiger charge is -2.20. The Morgan fingerprint density at radius 1 is 1.16 bits per heavy atom. The van der Waals surface area contributed by atoms with Crippen LogP contribution in [0.1, 0.15) is 48.9 Å². The van der Waals surface area contributed by atoms with Crippen LogP contribution in [0.25, 0.3) is 11.8 Å². The van der Waals surface area contributed by atoms with Crippen LogP contribution >= 0.6 is 12.6 Å². The number of hydrogen-bond acceptors (Lipinski definition) is 5. The molecule has 1 aliphatic heterocycles. The molecule has 0 amide bonds. The largest absolute Gasteiger partial charge is 0.357 e. The first-order valence-corrected chi connectivity index (χ1v) is 15.1. The second-order valence-corrected chi connectivity index (χ2v) is 12.2. The van der Waals surface area contributed by atoms with Gasteiger partial charge in [-0.1, -0.05) is 18.2 Å². The third-order valence-corrected chi connectivity index (χ3v) is 9.97. The lowest BCUT2D eigenvalue weighted by atomic mass is 9.81. The van der Waals surface area contributed by atoms with Gasteiger partial charge in [0.25, 0.3) is 0 Å². The molecule has 7 rings (SSSR count). The minimum Gasteiger partial charge on any atom is -0.357 e. The number of ether oxygens (including phenoxy) is 1. The number of hydrogen-bond donors (Lipinski definition) is 2. The van der Waals surface area contributed by atoms with Crippen molar-refractivity contribution in [3.05, 3.63) is 82.9 Å². The van der Waals surface area contributed by atoms with E-state index in [0.29, 0.717) is 5.69 Å². The summed E-state index contributed by atoms with van der Waals surface area (Å²) in [7, 11) is -3.30. The highest BCUT2D eigenvalue weighted by molar-refractivity contribution is 7.93. The van der Waals surface area contributed by atoms with Crippen LogP contribution < -0.4 is 4.72 Å². The molecule has 3 aliphatic carbocycles. The van der Waals surface area contributed by atoms with Crippen LogP contribution in [0.15, 0.2) is 60.3 Å². The maximum atomic E-state index is 13.4. The first-order valence-electron chi connectivity index (χ1n) is 12.7. The molecule has 37 heavy (non-hydrogen) atoms. The number of aryl methyl sites for hydroxylation is 1. The Kier molecular flexibility index (Phi) is 6.00. The highest BCUT2D eigenvalue weighted by atomic mass is 32.2. The predicted octanol–water partition coefficient (Wildman–Crippen LogP) is 5.34. The summed E-state index contributed by atoms with van der Waals surface area (Å²) in [6, 6.07) is 14.1. The third kappa shape index (κ3) is 4.11. The van der Waals surface area contributed by atoms with Crippen molar-refractivity contribution >= 4 is 34.4 Å². The summed E-state index contributed by atoms with van der Waals surface area (Å²) >= 11 is 3.53. The van der Waals surface area contributed by atoms with Crippen molar-refractivity contribution in [2.24, 2.45) is 0 Å². The van der Waals surface area contributed by atoms with Crippen molar-refractivity contribution < 1.29 is 17.5 Å². The van der Waals surface area contributed by atoms with Crippen molar-refractivity contribution in [3.8, 4) is 5.69 Å². The molecule has 1 unspecified atom stereocenters. The number of fused-ring (bicyclic) bond motifs is 1. The Bertz CT molecular complexity index is 1480. The zero-order chi connectivity index (χ0) is 25.8. The molecule has 1 aromatic heterocycles. The van der Waals surface area contributed by atoms with Crippen LogP contribution in [0.5, 0.6) is 0 Å². The molecule has 6 nitrogen and oxygen atoms in total. The number of para-hydroxylation sites is 1. The van der Waals surface area contributed by atoms with E-state index in [2.05, 4.69) is 28.5 Å². The molecule has 0 bridgehead atoms. The highest BCUT2D eigenvalue weighted by Crippen LogP contribution is 2.67. The summed E-state index contributed by atoms with van der Waals surface area (Å²) < 4.78 is 49.6. The molecule has 194 valence electrons. The maximum absolute atomic E-state index is 13.4. The first kappa shape index (κ1) is 24.7. The van der Waals surface area contributed by atoms with E-state index in [1.165, 1.54) is 17.7 Å². The van der Waals surface area contributed by atoms with Crippen LogP contribution in [0, 0.1) is 5.82 Å². The van der Waals surface area contributed by atoms with Gasteiger partial charge in [0.2, 0.25) is 10.0 Å². The minimum absolute atomic E-state index is 0.211. The molecule has 2 saturated carbocycles. The van der Waals surface area contributed by atoms with Crippen molar-refractivity contribution in [3.63, 3.8) is 0 Å². The minimum atomic E-state index is -3.30. The molecule has 0 radical (unpaired) electrons. The van der Waals surface area contributed by atoms with E-state index in [1.807, 2.05) is 35.1 Å². The van der Waals surface area contributed by atoms with Gasteiger partial charge in [-0.2, -0.15) is 17.7 Å². The zero-order valence-corrected chi connectivity index (χ0v) is 22.4. The Morgan fingerprint density at radius 3 is 2.68 bits per heavy atom. The second kappa shape index (κ2) is 8.99.